The Morgan fingerprint density at radius 3 is 2.88 bits per heavy atom. The lowest BCUT2D eigenvalue weighted by Gasteiger charge is -2.10. The number of aryl methyl sites for hydroxylation is 1. The molecule has 0 aliphatic rings. The van der Waals surface area contributed by atoms with E-state index in [0.717, 1.165) is 16.1 Å². The monoisotopic (exact) mass is 364 g/mol. The molecule has 0 radical (unpaired) electrons. The number of furan rings is 1. The second kappa shape index (κ2) is 6.97. The van der Waals surface area contributed by atoms with Crippen LogP contribution in [0.2, 0.25) is 0 Å². The molecule has 7 heteroatoms. The van der Waals surface area contributed by atoms with Crippen LogP contribution in [-0.2, 0) is 6.54 Å². The van der Waals surface area contributed by atoms with Gasteiger partial charge in [0.05, 0.1) is 12.8 Å². The average molecular weight is 364 g/mol. The number of aromatic nitrogens is 3. The van der Waals surface area contributed by atoms with E-state index in [4.69, 9.17) is 4.42 Å². The summed E-state index contributed by atoms with van der Waals surface area (Å²) in [7, 11) is 0. The van der Waals surface area contributed by atoms with Crippen molar-refractivity contribution in [2.75, 3.05) is 5.32 Å². The molecule has 3 aromatic heterocycles. The number of carbonyl (C=O) groups is 1. The molecule has 1 amide bonds. The van der Waals surface area contributed by atoms with Crippen LogP contribution in [0.1, 0.15) is 20.9 Å². The van der Waals surface area contributed by atoms with Crippen LogP contribution in [-0.4, -0.2) is 20.7 Å². The van der Waals surface area contributed by atoms with Gasteiger partial charge in [-0.25, -0.2) is 4.98 Å². The third kappa shape index (κ3) is 3.29. The zero-order valence-corrected chi connectivity index (χ0v) is 14.9. The summed E-state index contributed by atoms with van der Waals surface area (Å²) < 4.78 is 7.18. The summed E-state index contributed by atoms with van der Waals surface area (Å²) in [5.41, 5.74) is 2.14. The summed E-state index contributed by atoms with van der Waals surface area (Å²) in [6.07, 6.45) is 5.21. The van der Waals surface area contributed by atoms with Crippen molar-refractivity contribution in [3.63, 3.8) is 0 Å². The van der Waals surface area contributed by atoms with Gasteiger partial charge in [-0.2, -0.15) is 5.10 Å². The highest BCUT2D eigenvalue weighted by Crippen LogP contribution is 2.28. The normalized spacial score (nSPS) is 10.8. The van der Waals surface area contributed by atoms with E-state index in [1.165, 1.54) is 11.3 Å². The molecule has 0 aliphatic carbocycles. The van der Waals surface area contributed by atoms with Gasteiger partial charge in [-0.1, -0.05) is 18.2 Å². The molecular formula is C19H16N4O2S. The molecule has 0 bridgehead atoms. The Morgan fingerprint density at radius 2 is 2.12 bits per heavy atom. The Hall–Kier alpha value is -3.19. The maximum absolute atomic E-state index is 12.8. The standard InChI is InChI=1S/C19H16N4O2S/c1-13-17(22-19(26-13)16-8-4-11-25-16)18(24)21-15-7-3-2-6-14(15)12-23-10-5-9-20-23/h2-11H,12H2,1H3,(H,21,24). The van der Waals surface area contributed by atoms with E-state index < -0.39 is 0 Å². The lowest BCUT2D eigenvalue weighted by atomic mass is 10.1. The highest BCUT2D eigenvalue weighted by molar-refractivity contribution is 7.15. The quantitative estimate of drug-likeness (QED) is 0.576. The number of hydrogen-bond acceptors (Lipinski definition) is 5. The summed E-state index contributed by atoms with van der Waals surface area (Å²) in [5, 5.41) is 7.89. The minimum Gasteiger partial charge on any atom is -0.462 e. The van der Waals surface area contributed by atoms with Crippen LogP contribution in [0.3, 0.4) is 0 Å². The van der Waals surface area contributed by atoms with E-state index in [0.29, 0.717) is 23.0 Å². The highest BCUT2D eigenvalue weighted by Gasteiger charge is 2.18. The number of rotatable bonds is 5. The van der Waals surface area contributed by atoms with Gasteiger partial charge in [0, 0.05) is 23.0 Å². The zero-order valence-electron chi connectivity index (χ0n) is 14.0. The molecule has 1 N–H and O–H groups in total. The van der Waals surface area contributed by atoms with Gasteiger partial charge in [-0.05, 0) is 36.8 Å². The lowest BCUT2D eigenvalue weighted by Crippen LogP contribution is -2.15. The number of nitrogens with one attached hydrogen (secondary N) is 1. The molecule has 0 atom stereocenters. The van der Waals surface area contributed by atoms with Crippen LogP contribution in [0.4, 0.5) is 5.69 Å². The summed E-state index contributed by atoms with van der Waals surface area (Å²) in [6, 6.07) is 13.2. The number of benzene rings is 1. The summed E-state index contributed by atoms with van der Waals surface area (Å²) in [5.74, 6) is 0.431. The number of hydrogen-bond donors (Lipinski definition) is 1. The Kier molecular flexibility index (Phi) is 4.37. The molecule has 0 aliphatic heterocycles. The third-order valence-electron chi connectivity index (χ3n) is 3.90. The van der Waals surface area contributed by atoms with Crippen molar-refractivity contribution in [3.05, 3.63) is 77.3 Å². The maximum Gasteiger partial charge on any atom is 0.275 e. The highest BCUT2D eigenvalue weighted by atomic mass is 32.1. The van der Waals surface area contributed by atoms with E-state index in [9.17, 15) is 4.79 Å². The van der Waals surface area contributed by atoms with Crippen LogP contribution >= 0.6 is 11.3 Å². The number of anilines is 1. The molecule has 26 heavy (non-hydrogen) atoms. The van der Waals surface area contributed by atoms with E-state index in [1.54, 1.807) is 18.5 Å². The first-order valence-electron chi connectivity index (χ1n) is 8.08. The Balaban J connectivity index is 1.57. The number of amides is 1. The van der Waals surface area contributed by atoms with Crippen molar-refractivity contribution in [2.24, 2.45) is 0 Å². The average Bonchev–Trinajstić information content (AvgIpc) is 3.37. The number of thiazole rings is 1. The summed E-state index contributed by atoms with van der Waals surface area (Å²) in [4.78, 5) is 18.0. The van der Waals surface area contributed by atoms with Crippen molar-refractivity contribution in [3.8, 4) is 10.8 Å². The van der Waals surface area contributed by atoms with Gasteiger partial charge in [-0.15, -0.1) is 11.3 Å². The predicted molar refractivity (Wildman–Crippen MR) is 100 cm³/mol. The minimum atomic E-state index is -0.232. The Bertz CT molecular complexity index is 1020. The Morgan fingerprint density at radius 1 is 1.23 bits per heavy atom. The fourth-order valence-corrected chi connectivity index (χ4v) is 3.52. The molecule has 0 unspecified atom stereocenters. The molecule has 3 heterocycles. The van der Waals surface area contributed by atoms with Gasteiger partial charge in [-0.3, -0.25) is 9.48 Å². The summed E-state index contributed by atoms with van der Waals surface area (Å²) >= 11 is 1.44. The molecule has 6 nitrogen and oxygen atoms in total. The Labute approximate surface area is 154 Å². The SMILES string of the molecule is Cc1sc(-c2ccco2)nc1C(=O)Nc1ccccc1Cn1cccn1. The van der Waals surface area contributed by atoms with Crippen molar-refractivity contribution in [1.82, 2.24) is 14.8 Å². The van der Waals surface area contributed by atoms with Crippen molar-refractivity contribution < 1.29 is 9.21 Å². The van der Waals surface area contributed by atoms with Crippen LogP contribution in [0, 0.1) is 6.92 Å². The number of carbonyl (C=O) groups excluding carboxylic acids is 1. The van der Waals surface area contributed by atoms with Gasteiger partial charge in [0.25, 0.3) is 5.91 Å². The molecule has 1 aromatic carbocycles. The second-order valence-electron chi connectivity index (χ2n) is 5.72. The molecule has 0 saturated carbocycles. The molecule has 130 valence electrons. The molecule has 0 fully saturated rings. The van der Waals surface area contributed by atoms with Gasteiger partial charge < -0.3 is 9.73 Å². The fourth-order valence-electron chi connectivity index (χ4n) is 2.64. The molecular weight excluding hydrogens is 348 g/mol. The van der Waals surface area contributed by atoms with E-state index in [-0.39, 0.29) is 5.91 Å². The van der Waals surface area contributed by atoms with Crippen LogP contribution in [0.5, 0.6) is 0 Å². The van der Waals surface area contributed by atoms with Gasteiger partial charge in [0.15, 0.2) is 10.8 Å². The first kappa shape index (κ1) is 16.3. The van der Waals surface area contributed by atoms with Gasteiger partial charge in [0.2, 0.25) is 0 Å². The first-order chi connectivity index (χ1) is 12.7. The molecule has 4 rings (SSSR count). The van der Waals surface area contributed by atoms with Crippen LogP contribution in [0.15, 0.2) is 65.5 Å². The molecule has 0 saturated heterocycles. The van der Waals surface area contributed by atoms with Crippen molar-refractivity contribution in [2.45, 2.75) is 13.5 Å². The molecule has 4 aromatic rings. The van der Waals surface area contributed by atoms with Crippen LogP contribution in [0.25, 0.3) is 10.8 Å². The lowest BCUT2D eigenvalue weighted by molar-refractivity contribution is 0.102. The van der Waals surface area contributed by atoms with Crippen molar-refractivity contribution >= 4 is 22.9 Å². The first-order valence-corrected chi connectivity index (χ1v) is 8.90. The third-order valence-corrected chi connectivity index (χ3v) is 4.89. The zero-order chi connectivity index (χ0) is 17.9. The van der Waals surface area contributed by atoms with Crippen molar-refractivity contribution in [1.29, 1.82) is 0 Å². The van der Waals surface area contributed by atoms with Gasteiger partial charge in [0.1, 0.15) is 5.69 Å². The maximum atomic E-state index is 12.8. The largest absolute Gasteiger partial charge is 0.462 e. The van der Waals surface area contributed by atoms with E-state index in [2.05, 4.69) is 15.4 Å². The summed E-state index contributed by atoms with van der Waals surface area (Å²) in [6.45, 7) is 2.46. The van der Waals surface area contributed by atoms with Crippen LogP contribution < -0.4 is 5.32 Å². The topological polar surface area (TPSA) is 73.0 Å². The van der Waals surface area contributed by atoms with Gasteiger partial charge >= 0.3 is 0 Å². The fraction of sp³-hybridized carbons (Fsp3) is 0.105. The van der Waals surface area contributed by atoms with E-state index >= 15 is 0 Å². The number of nitrogens with zero attached hydrogens (tertiary/aromatic N) is 3. The molecule has 0 spiro atoms. The second-order valence-corrected chi connectivity index (χ2v) is 6.92. The smallest absolute Gasteiger partial charge is 0.275 e. The number of para-hydroxylation sites is 1. The van der Waals surface area contributed by atoms with E-state index in [1.807, 2.05) is 54.2 Å². The minimum absolute atomic E-state index is 0.232. The predicted octanol–water partition coefficient (Wildman–Crippen LogP) is 4.21.